The van der Waals surface area contributed by atoms with E-state index in [2.05, 4.69) is 10.1 Å². The Morgan fingerprint density at radius 2 is 2.06 bits per heavy atom. The third-order valence-corrected chi connectivity index (χ3v) is 2.10. The van der Waals surface area contributed by atoms with Crippen LogP contribution in [-0.4, -0.2) is 40.4 Å². The average molecular weight is 218 g/mol. The standard InChI is InChI=1S/C9H11BN4O2/c1-13-4-5-14(12-7-13)9-3-2-8(6-11-9)10(15)16/h2-7,15-16H,1H3. The Kier molecular flexibility index (Phi) is 2.89. The molecule has 0 bridgehead atoms. The molecule has 16 heavy (non-hydrogen) atoms. The van der Waals surface area contributed by atoms with Gasteiger partial charge in [0.25, 0.3) is 0 Å². The van der Waals surface area contributed by atoms with Crippen molar-refractivity contribution in [3.05, 3.63) is 30.7 Å². The molecule has 82 valence electrons. The van der Waals surface area contributed by atoms with Crippen LogP contribution in [0.4, 0.5) is 5.82 Å². The molecule has 0 aromatic carbocycles. The van der Waals surface area contributed by atoms with Crippen molar-refractivity contribution in [2.75, 3.05) is 12.1 Å². The summed E-state index contributed by atoms with van der Waals surface area (Å²) in [6.45, 7) is 0. The van der Waals surface area contributed by atoms with Gasteiger partial charge in [0.2, 0.25) is 0 Å². The van der Waals surface area contributed by atoms with E-state index in [9.17, 15) is 0 Å². The summed E-state index contributed by atoms with van der Waals surface area (Å²) >= 11 is 0. The third kappa shape index (κ3) is 2.21. The van der Waals surface area contributed by atoms with Gasteiger partial charge in [-0.15, -0.1) is 0 Å². The summed E-state index contributed by atoms with van der Waals surface area (Å²) in [6.07, 6.45) is 6.65. The summed E-state index contributed by atoms with van der Waals surface area (Å²) in [7, 11) is 0.379. The lowest BCUT2D eigenvalue weighted by molar-refractivity contribution is 0.425. The number of hydrazone groups is 1. The molecular formula is C9H11BN4O2. The van der Waals surface area contributed by atoms with Crippen molar-refractivity contribution in [1.82, 2.24) is 9.88 Å². The molecule has 0 unspecified atom stereocenters. The number of rotatable bonds is 2. The highest BCUT2D eigenvalue weighted by atomic mass is 16.4. The summed E-state index contributed by atoms with van der Waals surface area (Å²) < 4.78 is 0. The van der Waals surface area contributed by atoms with E-state index in [1.165, 1.54) is 6.20 Å². The molecule has 6 nitrogen and oxygen atoms in total. The van der Waals surface area contributed by atoms with Crippen molar-refractivity contribution in [3.8, 4) is 0 Å². The second-order valence-corrected chi connectivity index (χ2v) is 3.36. The van der Waals surface area contributed by atoms with Gasteiger partial charge in [0.15, 0.2) is 5.82 Å². The van der Waals surface area contributed by atoms with Gasteiger partial charge in [-0.1, -0.05) is 6.07 Å². The van der Waals surface area contributed by atoms with Crippen molar-refractivity contribution < 1.29 is 10.0 Å². The summed E-state index contributed by atoms with van der Waals surface area (Å²) in [5.74, 6) is 0.616. The first kappa shape index (κ1) is 10.7. The first-order chi connectivity index (χ1) is 7.66. The van der Waals surface area contributed by atoms with Gasteiger partial charge in [-0.05, 0) is 6.07 Å². The van der Waals surface area contributed by atoms with E-state index >= 15 is 0 Å². The fourth-order valence-corrected chi connectivity index (χ4v) is 1.20. The van der Waals surface area contributed by atoms with Crippen LogP contribution in [0.3, 0.4) is 0 Å². The maximum atomic E-state index is 8.91. The van der Waals surface area contributed by atoms with Gasteiger partial charge in [-0.2, -0.15) is 5.10 Å². The van der Waals surface area contributed by atoms with Crippen molar-refractivity contribution in [2.45, 2.75) is 0 Å². The highest BCUT2D eigenvalue weighted by Gasteiger charge is 2.12. The summed E-state index contributed by atoms with van der Waals surface area (Å²) in [4.78, 5) is 5.88. The fraction of sp³-hybridized carbons (Fsp3) is 0.111. The molecule has 2 rings (SSSR count). The lowest BCUT2D eigenvalue weighted by atomic mass is 9.82. The van der Waals surface area contributed by atoms with E-state index in [4.69, 9.17) is 10.0 Å². The van der Waals surface area contributed by atoms with Gasteiger partial charge >= 0.3 is 7.12 Å². The lowest BCUT2D eigenvalue weighted by Gasteiger charge is -2.19. The van der Waals surface area contributed by atoms with Crippen LogP contribution in [0.1, 0.15) is 0 Å². The van der Waals surface area contributed by atoms with E-state index in [-0.39, 0.29) is 0 Å². The first-order valence-electron chi connectivity index (χ1n) is 4.72. The molecule has 1 aromatic heterocycles. The number of pyridine rings is 1. The van der Waals surface area contributed by atoms with E-state index in [0.717, 1.165) is 0 Å². The van der Waals surface area contributed by atoms with Crippen molar-refractivity contribution in [1.29, 1.82) is 0 Å². The Balaban J connectivity index is 2.16. The summed E-state index contributed by atoms with van der Waals surface area (Å²) in [5.41, 5.74) is 0.353. The van der Waals surface area contributed by atoms with Crippen LogP contribution in [-0.2, 0) is 0 Å². The molecule has 1 aliphatic heterocycles. The van der Waals surface area contributed by atoms with Gasteiger partial charge in [-0.25, -0.2) is 9.99 Å². The Morgan fingerprint density at radius 3 is 2.56 bits per heavy atom. The van der Waals surface area contributed by atoms with Crippen LogP contribution in [0, 0.1) is 0 Å². The van der Waals surface area contributed by atoms with Crippen LogP contribution >= 0.6 is 0 Å². The second kappa shape index (κ2) is 4.34. The van der Waals surface area contributed by atoms with Crippen LogP contribution in [0.5, 0.6) is 0 Å². The van der Waals surface area contributed by atoms with Crippen molar-refractivity contribution in [2.24, 2.45) is 5.10 Å². The van der Waals surface area contributed by atoms with E-state index in [1.807, 2.05) is 18.1 Å². The minimum absolute atomic E-state index is 0.353. The normalized spacial score (nSPS) is 14.4. The van der Waals surface area contributed by atoms with E-state index in [1.54, 1.807) is 29.7 Å². The van der Waals surface area contributed by atoms with Gasteiger partial charge in [-0.3, -0.25) is 0 Å². The minimum atomic E-state index is -1.49. The molecule has 7 heteroatoms. The number of nitrogens with zero attached hydrogens (tertiary/aromatic N) is 4. The van der Waals surface area contributed by atoms with Crippen molar-refractivity contribution >= 4 is 24.7 Å². The molecule has 2 heterocycles. The molecule has 0 fully saturated rings. The SMILES string of the molecule is CN1C=CN(c2ccc(B(O)O)cn2)N=C1. The summed E-state index contributed by atoms with van der Waals surface area (Å²) in [5, 5.41) is 23.5. The molecule has 0 spiro atoms. The van der Waals surface area contributed by atoms with Crippen LogP contribution in [0.25, 0.3) is 0 Å². The van der Waals surface area contributed by atoms with Gasteiger partial charge in [0.05, 0.1) is 0 Å². The maximum Gasteiger partial charge on any atom is 0.490 e. The Hall–Kier alpha value is -1.86. The zero-order valence-electron chi connectivity index (χ0n) is 8.72. The Morgan fingerprint density at radius 1 is 1.25 bits per heavy atom. The number of hydrogen-bond acceptors (Lipinski definition) is 6. The fourth-order valence-electron chi connectivity index (χ4n) is 1.20. The molecule has 0 amide bonds. The number of anilines is 1. The summed E-state index contributed by atoms with van der Waals surface area (Å²) in [6, 6.07) is 3.26. The highest BCUT2D eigenvalue weighted by Crippen LogP contribution is 2.11. The highest BCUT2D eigenvalue weighted by molar-refractivity contribution is 6.58. The smallest absolute Gasteiger partial charge is 0.423 e. The van der Waals surface area contributed by atoms with E-state index in [0.29, 0.717) is 11.3 Å². The zero-order chi connectivity index (χ0) is 11.5. The Labute approximate surface area is 93.3 Å². The predicted octanol–water partition coefficient (Wildman–Crippen LogP) is -1.07. The van der Waals surface area contributed by atoms with Gasteiger partial charge < -0.3 is 14.9 Å². The first-order valence-corrected chi connectivity index (χ1v) is 4.72. The monoisotopic (exact) mass is 218 g/mol. The van der Waals surface area contributed by atoms with E-state index < -0.39 is 7.12 Å². The average Bonchev–Trinajstić information content (AvgIpc) is 2.30. The maximum absolute atomic E-state index is 8.91. The molecule has 1 aromatic rings. The number of aromatic nitrogens is 1. The Bertz CT molecular complexity index is 404. The molecule has 0 atom stereocenters. The third-order valence-electron chi connectivity index (χ3n) is 2.10. The van der Waals surface area contributed by atoms with Gasteiger partial charge in [0, 0.05) is 31.1 Å². The van der Waals surface area contributed by atoms with Crippen molar-refractivity contribution in [3.63, 3.8) is 0 Å². The minimum Gasteiger partial charge on any atom is -0.423 e. The second-order valence-electron chi connectivity index (χ2n) is 3.36. The van der Waals surface area contributed by atoms with Crippen LogP contribution in [0.2, 0.25) is 0 Å². The molecule has 0 aliphatic carbocycles. The van der Waals surface area contributed by atoms with Crippen LogP contribution in [0.15, 0.2) is 35.8 Å². The van der Waals surface area contributed by atoms with Gasteiger partial charge in [0.1, 0.15) is 6.34 Å². The van der Waals surface area contributed by atoms with Crippen LogP contribution < -0.4 is 10.5 Å². The quantitative estimate of drug-likeness (QED) is 0.618. The molecule has 2 N–H and O–H groups in total. The lowest BCUT2D eigenvalue weighted by Crippen LogP contribution is -2.30. The zero-order valence-corrected chi connectivity index (χ0v) is 8.72. The molecule has 1 aliphatic rings. The predicted molar refractivity (Wildman–Crippen MR) is 61.9 cm³/mol. The topological polar surface area (TPSA) is 72.2 Å². The molecule has 0 saturated heterocycles. The molecule has 0 saturated carbocycles. The number of hydrogen-bond donors (Lipinski definition) is 2. The largest absolute Gasteiger partial charge is 0.490 e. The molecular weight excluding hydrogens is 207 g/mol. The molecule has 0 radical (unpaired) electrons.